The van der Waals surface area contributed by atoms with Crippen molar-refractivity contribution in [3.8, 4) is 0 Å². The zero-order valence-corrected chi connectivity index (χ0v) is 52.4. The lowest BCUT2D eigenvalue weighted by molar-refractivity contribution is -0.143. The molecule has 3 N–H and O–H groups in total. The summed E-state index contributed by atoms with van der Waals surface area (Å²) in [5.74, 6) is -0.0571. The zero-order valence-electron chi connectivity index (χ0n) is 52.4. The number of hydrogen-bond acceptors (Lipinski definition) is 5. The van der Waals surface area contributed by atoms with Crippen LogP contribution in [0.4, 0.5) is 0 Å². The summed E-state index contributed by atoms with van der Waals surface area (Å²) in [6.45, 7) is 4.88. The van der Waals surface area contributed by atoms with Crippen LogP contribution in [-0.2, 0) is 14.3 Å². The number of unbranched alkanes of at least 4 members (excludes halogenated alkanes) is 48. The van der Waals surface area contributed by atoms with Gasteiger partial charge in [-0.2, -0.15) is 0 Å². The number of hydrogen-bond donors (Lipinski definition) is 3. The number of ether oxygens (including phenoxy) is 1. The SMILES string of the molecule is CCCC/C=C\CCCCCCCC(=O)OCCCCCCCCCCCCCCC/C=C\C/C=C\CCCCCCCCCCCCCCCCCCCC(=O)NC(CO)C(O)/C=C/CCCCCCCCCCCCC. The third kappa shape index (κ3) is 63.0. The Bertz CT molecular complexity index is 1310. The van der Waals surface area contributed by atoms with Crippen molar-refractivity contribution in [2.24, 2.45) is 0 Å². The highest BCUT2D eigenvalue weighted by molar-refractivity contribution is 5.76. The van der Waals surface area contributed by atoms with Gasteiger partial charge in [0.2, 0.25) is 5.91 Å². The van der Waals surface area contributed by atoms with Gasteiger partial charge >= 0.3 is 5.97 Å². The minimum absolute atomic E-state index is 0.00728. The van der Waals surface area contributed by atoms with E-state index in [1.807, 2.05) is 6.08 Å². The molecule has 0 bridgehead atoms. The fourth-order valence-corrected chi connectivity index (χ4v) is 10.7. The van der Waals surface area contributed by atoms with Crippen molar-refractivity contribution in [1.82, 2.24) is 5.32 Å². The van der Waals surface area contributed by atoms with Crippen molar-refractivity contribution in [3.05, 3.63) is 48.6 Å². The van der Waals surface area contributed by atoms with Gasteiger partial charge in [0.15, 0.2) is 0 Å². The quantitative estimate of drug-likeness (QED) is 0.0320. The Balaban J connectivity index is 3.37. The number of allylic oxidation sites excluding steroid dienone is 7. The van der Waals surface area contributed by atoms with Gasteiger partial charge in [-0.25, -0.2) is 0 Å². The van der Waals surface area contributed by atoms with E-state index >= 15 is 0 Å². The smallest absolute Gasteiger partial charge is 0.305 e. The van der Waals surface area contributed by atoms with Crippen LogP contribution in [-0.4, -0.2) is 47.4 Å². The summed E-state index contributed by atoms with van der Waals surface area (Å²) in [6, 6.07) is -0.625. The minimum atomic E-state index is -0.842. The summed E-state index contributed by atoms with van der Waals surface area (Å²) in [6.07, 6.45) is 87.8. The van der Waals surface area contributed by atoms with Crippen LogP contribution in [0.2, 0.25) is 0 Å². The highest BCUT2D eigenvalue weighted by Crippen LogP contribution is 2.18. The largest absolute Gasteiger partial charge is 0.466 e. The van der Waals surface area contributed by atoms with Crippen LogP contribution >= 0.6 is 0 Å². The standard InChI is InChI=1S/C72H135NO5/c1-3-5-7-9-11-13-15-41-45-48-52-56-60-64-70(75)69(68-74)73-71(76)65-61-57-53-49-46-42-39-37-35-33-31-29-27-25-23-21-19-17-16-18-20-22-24-26-28-30-32-34-36-38-40-43-47-51-55-59-63-67-78-72(77)66-62-58-54-50-44-14-12-10-8-6-4-2/h10,12,16,18,22,24,60,64,69-70,74-75H,3-9,11,13-15,17,19-21,23,25-59,61-63,65-68H2,1-2H3,(H,73,76)/b12-10-,18-16-,24-22-,64-60+. The first-order chi connectivity index (χ1) is 38.5. The highest BCUT2D eigenvalue weighted by atomic mass is 16.5. The molecule has 0 aliphatic rings. The summed E-state index contributed by atoms with van der Waals surface area (Å²) in [7, 11) is 0. The van der Waals surface area contributed by atoms with Crippen LogP contribution in [0.25, 0.3) is 0 Å². The Hall–Kier alpha value is -2.18. The number of aliphatic hydroxyl groups excluding tert-OH is 2. The predicted octanol–water partition coefficient (Wildman–Crippen LogP) is 22.5. The molecule has 0 aromatic carbocycles. The second-order valence-electron chi connectivity index (χ2n) is 23.9. The minimum Gasteiger partial charge on any atom is -0.466 e. The maximum absolute atomic E-state index is 12.5. The molecule has 2 atom stereocenters. The Morgan fingerprint density at radius 2 is 0.654 bits per heavy atom. The van der Waals surface area contributed by atoms with Gasteiger partial charge in [0, 0.05) is 12.8 Å². The molecular formula is C72H135NO5. The van der Waals surface area contributed by atoms with E-state index in [0.29, 0.717) is 19.4 Å². The fourth-order valence-electron chi connectivity index (χ4n) is 10.7. The van der Waals surface area contributed by atoms with Crippen molar-refractivity contribution in [3.63, 3.8) is 0 Å². The van der Waals surface area contributed by atoms with E-state index in [0.717, 1.165) is 51.4 Å². The van der Waals surface area contributed by atoms with Gasteiger partial charge in [0.05, 0.1) is 25.4 Å². The van der Waals surface area contributed by atoms with Crippen LogP contribution in [0.3, 0.4) is 0 Å². The van der Waals surface area contributed by atoms with Gasteiger partial charge in [0.25, 0.3) is 0 Å². The molecule has 2 unspecified atom stereocenters. The molecule has 0 spiro atoms. The van der Waals surface area contributed by atoms with Crippen molar-refractivity contribution < 1.29 is 24.5 Å². The van der Waals surface area contributed by atoms with Crippen molar-refractivity contribution >= 4 is 11.9 Å². The molecule has 0 saturated carbocycles. The summed E-state index contributed by atoms with van der Waals surface area (Å²) in [5.41, 5.74) is 0. The maximum Gasteiger partial charge on any atom is 0.305 e. The van der Waals surface area contributed by atoms with Gasteiger partial charge in [-0.1, -0.05) is 326 Å². The van der Waals surface area contributed by atoms with Crippen molar-refractivity contribution in [2.45, 2.75) is 386 Å². The normalized spacial score (nSPS) is 12.8. The Kier molecular flexibility index (Phi) is 65.4. The first kappa shape index (κ1) is 75.8. The van der Waals surface area contributed by atoms with E-state index in [2.05, 4.69) is 55.6 Å². The third-order valence-corrected chi connectivity index (χ3v) is 16.1. The van der Waals surface area contributed by atoms with Crippen LogP contribution in [0.5, 0.6) is 0 Å². The molecule has 0 fully saturated rings. The molecule has 0 aliphatic carbocycles. The van der Waals surface area contributed by atoms with Crippen molar-refractivity contribution in [1.29, 1.82) is 0 Å². The van der Waals surface area contributed by atoms with Gasteiger partial charge in [-0.15, -0.1) is 0 Å². The fraction of sp³-hybridized carbons (Fsp3) is 0.861. The maximum atomic E-state index is 12.5. The number of carbonyl (C=O) groups is 2. The number of rotatable bonds is 65. The Morgan fingerprint density at radius 3 is 1.03 bits per heavy atom. The monoisotopic (exact) mass is 1090 g/mol. The van der Waals surface area contributed by atoms with Crippen LogP contribution in [0.15, 0.2) is 48.6 Å². The van der Waals surface area contributed by atoms with Gasteiger partial charge in [-0.05, 0) is 83.5 Å². The lowest BCUT2D eigenvalue weighted by Gasteiger charge is -2.20. The number of amides is 1. The average Bonchev–Trinajstić information content (AvgIpc) is 3.44. The third-order valence-electron chi connectivity index (χ3n) is 16.1. The lowest BCUT2D eigenvalue weighted by Crippen LogP contribution is -2.45. The molecule has 0 aromatic rings. The molecule has 458 valence electrons. The van der Waals surface area contributed by atoms with Crippen LogP contribution in [0, 0.1) is 0 Å². The van der Waals surface area contributed by atoms with Crippen LogP contribution in [0.1, 0.15) is 373 Å². The van der Waals surface area contributed by atoms with E-state index in [1.165, 1.54) is 295 Å². The van der Waals surface area contributed by atoms with Gasteiger partial charge in [-0.3, -0.25) is 9.59 Å². The average molecular weight is 1090 g/mol. The first-order valence-electron chi connectivity index (χ1n) is 34.9. The Labute approximate surface area is 486 Å². The van der Waals surface area contributed by atoms with E-state index in [9.17, 15) is 19.8 Å². The Morgan fingerprint density at radius 1 is 0.359 bits per heavy atom. The molecule has 0 rings (SSSR count). The number of aliphatic hydroxyl groups is 2. The topological polar surface area (TPSA) is 95.9 Å². The van der Waals surface area contributed by atoms with E-state index in [4.69, 9.17) is 4.74 Å². The van der Waals surface area contributed by atoms with E-state index < -0.39 is 12.1 Å². The van der Waals surface area contributed by atoms with E-state index in [1.54, 1.807) is 6.08 Å². The second-order valence-corrected chi connectivity index (χ2v) is 23.9. The summed E-state index contributed by atoms with van der Waals surface area (Å²) >= 11 is 0. The van der Waals surface area contributed by atoms with Crippen molar-refractivity contribution in [2.75, 3.05) is 13.2 Å². The molecule has 0 radical (unpaired) electrons. The summed E-state index contributed by atoms with van der Waals surface area (Å²) in [4.78, 5) is 24.5. The van der Waals surface area contributed by atoms with E-state index in [-0.39, 0.29) is 18.5 Å². The molecule has 0 saturated heterocycles. The number of carbonyl (C=O) groups excluding carboxylic acids is 2. The molecule has 78 heavy (non-hydrogen) atoms. The predicted molar refractivity (Wildman–Crippen MR) is 342 cm³/mol. The number of esters is 1. The van der Waals surface area contributed by atoms with Crippen LogP contribution < -0.4 is 5.32 Å². The molecule has 6 heteroatoms. The molecule has 6 nitrogen and oxygen atoms in total. The molecule has 0 aliphatic heterocycles. The summed E-state index contributed by atoms with van der Waals surface area (Å²) < 4.78 is 5.47. The molecule has 1 amide bonds. The molecular weight excluding hydrogens is 959 g/mol. The van der Waals surface area contributed by atoms with Gasteiger partial charge < -0.3 is 20.3 Å². The first-order valence-corrected chi connectivity index (χ1v) is 34.9. The zero-order chi connectivity index (χ0) is 56.4. The summed E-state index contributed by atoms with van der Waals surface area (Å²) in [5, 5.41) is 23.1. The van der Waals surface area contributed by atoms with Gasteiger partial charge in [0.1, 0.15) is 0 Å². The lowest BCUT2D eigenvalue weighted by atomic mass is 10.0. The molecule has 0 heterocycles. The second kappa shape index (κ2) is 67.3. The highest BCUT2D eigenvalue weighted by Gasteiger charge is 2.18. The number of nitrogens with one attached hydrogen (secondary N) is 1. The molecule has 0 aromatic heterocycles.